The molecule has 2 rings (SSSR count). The third-order valence-corrected chi connectivity index (χ3v) is 3.53. The first kappa shape index (κ1) is 11.3. The summed E-state index contributed by atoms with van der Waals surface area (Å²) in [7, 11) is 0. The van der Waals surface area contributed by atoms with E-state index in [0.29, 0.717) is 6.42 Å². The zero-order chi connectivity index (χ0) is 11.4. The third kappa shape index (κ3) is 3.15. The zero-order valence-electron chi connectivity index (χ0n) is 8.31. The number of amides is 1. The highest BCUT2D eigenvalue weighted by atomic mass is 79.9. The van der Waals surface area contributed by atoms with E-state index in [4.69, 9.17) is 0 Å². The molecule has 1 amide bonds. The summed E-state index contributed by atoms with van der Waals surface area (Å²) in [5.74, 6) is -0.0256. The molecular formula is C11H9BrN2OS. The van der Waals surface area contributed by atoms with Crippen LogP contribution in [0, 0.1) is 0 Å². The van der Waals surface area contributed by atoms with Crippen LogP contribution in [0.15, 0.2) is 40.4 Å². The number of nitrogens with one attached hydrogen (secondary N) is 1. The van der Waals surface area contributed by atoms with Crippen molar-refractivity contribution in [1.82, 2.24) is 4.98 Å². The Bertz CT molecular complexity index is 484. The van der Waals surface area contributed by atoms with Crippen LogP contribution in [0.25, 0.3) is 0 Å². The van der Waals surface area contributed by atoms with Gasteiger partial charge in [0.1, 0.15) is 0 Å². The number of aromatic nitrogens is 1. The van der Waals surface area contributed by atoms with Gasteiger partial charge >= 0.3 is 0 Å². The summed E-state index contributed by atoms with van der Waals surface area (Å²) >= 11 is 4.93. The maximum absolute atomic E-state index is 11.6. The van der Waals surface area contributed by atoms with Gasteiger partial charge in [-0.15, -0.1) is 11.3 Å². The summed E-state index contributed by atoms with van der Waals surface area (Å²) in [6.45, 7) is 0. The Labute approximate surface area is 106 Å². The quantitative estimate of drug-likeness (QED) is 0.946. The number of pyridine rings is 1. The standard InChI is InChI=1S/C11H9BrN2OS/c12-10-4-3-9(16-10)6-11(15)14-8-2-1-5-13-7-8/h1-5,7H,6H2,(H,14,15). The van der Waals surface area contributed by atoms with Gasteiger partial charge in [0.25, 0.3) is 0 Å². The van der Waals surface area contributed by atoms with Gasteiger partial charge in [0.05, 0.1) is 22.1 Å². The van der Waals surface area contributed by atoms with Crippen LogP contribution in [0.5, 0.6) is 0 Å². The van der Waals surface area contributed by atoms with Crippen LogP contribution in [0.2, 0.25) is 0 Å². The van der Waals surface area contributed by atoms with Crippen molar-refractivity contribution in [3.63, 3.8) is 0 Å². The van der Waals surface area contributed by atoms with E-state index >= 15 is 0 Å². The molecule has 2 aromatic heterocycles. The van der Waals surface area contributed by atoms with Crippen LogP contribution in [-0.4, -0.2) is 10.9 Å². The SMILES string of the molecule is O=C(Cc1ccc(Br)s1)Nc1cccnc1. The van der Waals surface area contributed by atoms with Gasteiger partial charge in [-0.05, 0) is 40.2 Å². The molecule has 0 saturated carbocycles. The molecule has 3 nitrogen and oxygen atoms in total. The largest absolute Gasteiger partial charge is 0.324 e. The molecule has 1 N–H and O–H groups in total. The molecule has 2 aromatic rings. The summed E-state index contributed by atoms with van der Waals surface area (Å²) in [4.78, 5) is 16.6. The normalized spacial score (nSPS) is 10.1. The first-order valence-corrected chi connectivity index (χ1v) is 6.29. The van der Waals surface area contributed by atoms with Crippen LogP contribution in [0.4, 0.5) is 5.69 Å². The lowest BCUT2D eigenvalue weighted by Crippen LogP contribution is -2.13. The Morgan fingerprint density at radius 3 is 2.94 bits per heavy atom. The Morgan fingerprint density at radius 1 is 1.44 bits per heavy atom. The Hall–Kier alpha value is -1.20. The fraction of sp³-hybridized carbons (Fsp3) is 0.0909. The predicted molar refractivity (Wildman–Crippen MR) is 68.6 cm³/mol. The Balaban J connectivity index is 1.95. The van der Waals surface area contributed by atoms with Crippen molar-refractivity contribution in [3.8, 4) is 0 Å². The topological polar surface area (TPSA) is 42.0 Å². The molecule has 0 atom stereocenters. The highest BCUT2D eigenvalue weighted by Gasteiger charge is 2.05. The van der Waals surface area contributed by atoms with E-state index in [1.54, 1.807) is 29.8 Å². The van der Waals surface area contributed by atoms with Crippen molar-refractivity contribution in [2.75, 3.05) is 5.32 Å². The monoisotopic (exact) mass is 296 g/mol. The molecule has 0 saturated heterocycles. The van der Waals surface area contributed by atoms with Crippen molar-refractivity contribution >= 4 is 38.9 Å². The van der Waals surface area contributed by atoms with E-state index in [1.807, 2.05) is 18.2 Å². The second kappa shape index (κ2) is 5.23. The lowest BCUT2D eigenvalue weighted by molar-refractivity contribution is -0.115. The fourth-order valence-corrected chi connectivity index (χ4v) is 2.73. The highest BCUT2D eigenvalue weighted by Crippen LogP contribution is 2.22. The van der Waals surface area contributed by atoms with E-state index in [9.17, 15) is 4.79 Å². The minimum absolute atomic E-state index is 0.0256. The van der Waals surface area contributed by atoms with E-state index in [2.05, 4.69) is 26.2 Å². The van der Waals surface area contributed by atoms with Crippen molar-refractivity contribution in [1.29, 1.82) is 0 Å². The highest BCUT2D eigenvalue weighted by molar-refractivity contribution is 9.11. The number of thiophene rings is 1. The van der Waals surface area contributed by atoms with E-state index in [1.165, 1.54) is 0 Å². The zero-order valence-corrected chi connectivity index (χ0v) is 10.7. The summed E-state index contributed by atoms with van der Waals surface area (Å²) in [5.41, 5.74) is 0.725. The molecule has 2 heterocycles. The minimum Gasteiger partial charge on any atom is -0.324 e. The van der Waals surface area contributed by atoms with Crippen molar-refractivity contribution in [2.24, 2.45) is 0 Å². The Morgan fingerprint density at radius 2 is 2.31 bits per heavy atom. The molecule has 0 fully saturated rings. The number of rotatable bonds is 3. The van der Waals surface area contributed by atoms with E-state index in [0.717, 1.165) is 14.4 Å². The smallest absolute Gasteiger partial charge is 0.229 e. The maximum Gasteiger partial charge on any atom is 0.229 e. The van der Waals surface area contributed by atoms with Crippen molar-refractivity contribution in [2.45, 2.75) is 6.42 Å². The van der Waals surface area contributed by atoms with Crippen LogP contribution < -0.4 is 5.32 Å². The van der Waals surface area contributed by atoms with Gasteiger partial charge in [-0.2, -0.15) is 0 Å². The molecule has 0 aliphatic carbocycles. The number of hydrogen-bond donors (Lipinski definition) is 1. The van der Waals surface area contributed by atoms with Gasteiger partial charge in [-0.3, -0.25) is 9.78 Å². The molecule has 16 heavy (non-hydrogen) atoms. The molecule has 0 radical (unpaired) electrons. The lowest BCUT2D eigenvalue weighted by atomic mass is 10.3. The van der Waals surface area contributed by atoms with Gasteiger partial charge < -0.3 is 5.32 Å². The van der Waals surface area contributed by atoms with E-state index in [-0.39, 0.29) is 5.91 Å². The number of halogens is 1. The number of nitrogens with zero attached hydrogens (tertiary/aromatic N) is 1. The maximum atomic E-state index is 11.6. The molecule has 5 heteroatoms. The molecule has 0 aliphatic rings. The van der Waals surface area contributed by atoms with Crippen LogP contribution in [0.3, 0.4) is 0 Å². The second-order valence-electron chi connectivity index (χ2n) is 3.17. The fourth-order valence-electron chi connectivity index (χ4n) is 1.25. The second-order valence-corrected chi connectivity index (χ2v) is 5.72. The average Bonchev–Trinajstić information content (AvgIpc) is 2.65. The lowest BCUT2D eigenvalue weighted by Gasteiger charge is -2.02. The molecule has 0 unspecified atom stereocenters. The summed E-state index contributed by atoms with van der Waals surface area (Å²) in [6, 6.07) is 7.49. The predicted octanol–water partition coefficient (Wildman–Crippen LogP) is 3.09. The molecule has 0 aromatic carbocycles. The molecule has 0 aliphatic heterocycles. The van der Waals surface area contributed by atoms with E-state index < -0.39 is 0 Å². The molecule has 0 spiro atoms. The van der Waals surface area contributed by atoms with Crippen LogP contribution in [-0.2, 0) is 11.2 Å². The first-order chi connectivity index (χ1) is 7.74. The summed E-state index contributed by atoms with van der Waals surface area (Å²) < 4.78 is 1.04. The molecule has 0 bridgehead atoms. The van der Waals surface area contributed by atoms with Gasteiger partial charge in [-0.1, -0.05) is 0 Å². The van der Waals surface area contributed by atoms with Gasteiger partial charge in [0.15, 0.2) is 0 Å². The molecule has 82 valence electrons. The number of carbonyl (C=O) groups excluding carboxylic acids is 1. The van der Waals surface area contributed by atoms with Gasteiger partial charge in [0.2, 0.25) is 5.91 Å². The van der Waals surface area contributed by atoms with Gasteiger partial charge in [-0.25, -0.2) is 0 Å². The Kier molecular flexibility index (Phi) is 3.69. The van der Waals surface area contributed by atoms with Crippen LogP contribution in [0.1, 0.15) is 4.88 Å². The van der Waals surface area contributed by atoms with Crippen molar-refractivity contribution < 1.29 is 4.79 Å². The average molecular weight is 297 g/mol. The first-order valence-electron chi connectivity index (χ1n) is 4.68. The minimum atomic E-state index is -0.0256. The summed E-state index contributed by atoms with van der Waals surface area (Å²) in [5, 5.41) is 2.79. The third-order valence-electron chi connectivity index (χ3n) is 1.91. The van der Waals surface area contributed by atoms with Crippen LogP contribution >= 0.6 is 27.3 Å². The molecular weight excluding hydrogens is 288 g/mol. The number of hydrogen-bond acceptors (Lipinski definition) is 3. The number of anilines is 1. The van der Waals surface area contributed by atoms with Gasteiger partial charge in [0, 0.05) is 11.1 Å². The number of carbonyl (C=O) groups is 1. The van der Waals surface area contributed by atoms with Crippen molar-refractivity contribution in [3.05, 3.63) is 45.3 Å². The summed E-state index contributed by atoms with van der Waals surface area (Å²) in [6.07, 6.45) is 3.69.